The van der Waals surface area contributed by atoms with E-state index in [1.807, 2.05) is 66.7 Å². The zero-order valence-electron chi connectivity index (χ0n) is 13.4. The molecule has 124 valence electrons. The number of nitrogens with one attached hydrogen (secondary N) is 2. The molecule has 0 fully saturated rings. The average molecular weight is 347 g/mol. The topological polar surface area (TPSA) is 54.0 Å². The highest BCUT2D eigenvalue weighted by Crippen LogP contribution is 2.19. The van der Waals surface area contributed by atoms with Crippen LogP contribution < -0.4 is 10.6 Å². The van der Waals surface area contributed by atoms with Crippen LogP contribution in [0.15, 0.2) is 85.1 Å². The van der Waals surface area contributed by atoms with E-state index in [1.165, 1.54) is 0 Å². The van der Waals surface area contributed by atoms with Gasteiger partial charge in [0.1, 0.15) is 0 Å². The van der Waals surface area contributed by atoms with Crippen LogP contribution in [-0.4, -0.2) is 16.0 Å². The van der Waals surface area contributed by atoms with Gasteiger partial charge in [-0.25, -0.2) is 0 Å². The van der Waals surface area contributed by atoms with Crippen molar-refractivity contribution in [3.05, 3.63) is 102 Å². The van der Waals surface area contributed by atoms with Gasteiger partial charge in [0.05, 0.1) is 11.7 Å². The molecule has 0 aliphatic heterocycles. The molecule has 3 aromatic rings. The molecule has 0 aliphatic carbocycles. The number of aromatic nitrogens is 1. The SMILES string of the molecule is O=C(NC(=S)N[C@H](c1ccccc1)c1ccccn1)c1ccccc1. The lowest BCUT2D eigenvalue weighted by Gasteiger charge is -2.20. The number of nitrogens with zero attached hydrogens (tertiary/aromatic N) is 1. The summed E-state index contributed by atoms with van der Waals surface area (Å²) in [7, 11) is 0. The Labute approximate surface area is 151 Å². The number of hydrogen-bond donors (Lipinski definition) is 2. The lowest BCUT2D eigenvalue weighted by atomic mass is 10.0. The minimum Gasteiger partial charge on any atom is -0.350 e. The number of amides is 1. The number of hydrogen-bond acceptors (Lipinski definition) is 3. The highest BCUT2D eigenvalue weighted by molar-refractivity contribution is 7.80. The molecule has 1 aromatic heterocycles. The summed E-state index contributed by atoms with van der Waals surface area (Å²) >= 11 is 5.34. The lowest BCUT2D eigenvalue weighted by molar-refractivity contribution is 0.0976. The van der Waals surface area contributed by atoms with E-state index in [1.54, 1.807) is 18.3 Å². The third kappa shape index (κ3) is 4.49. The summed E-state index contributed by atoms with van der Waals surface area (Å²) in [5.41, 5.74) is 2.39. The molecular formula is C20H17N3OS. The maximum atomic E-state index is 12.3. The van der Waals surface area contributed by atoms with Crippen molar-refractivity contribution in [2.45, 2.75) is 6.04 Å². The summed E-state index contributed by atoms with van der Waals surface area (Å²) in [6.45, 7) is 0. The fourth-order valence-corrected chi connectivity index (χ4v) is 2.66. The second-order valence-corrected chi connectivity index (χ2v) is 5.80. The second kappa shape index (κ2) is 8.17. The van der Waals surface area contributed by atoms with Crippen molar-refractivity contribution in [1.29, 1.82) is 0 Å². The minimum absolute atomic E-state index is 0.244. The van der Waals surface area contributed by atoms with E-state index in [0.29, 0.717) is 5.56 Å². The van der Waals surface area contributed by atoms with Gasteiger partial charge in [0.25, 0.3) is 5.91 Å². The van der Waals surface area contributed by atoms with Crippen LogP contribution in [0.1, 0.15) is 27.7 Å². The normalized spacial score (nSPS) is 11.4. The minimum atomic E-state index is -0.245. The smallest absolute Gasteiger partial charge is 0.257 e. The van der Waals surface area contributed by atoms with Crippen LogP contribution in [0.3, 0.4) is 0 Å². The fraction of sp³-hybridized carbons (Fsp3) is 0.0500. The molecule has 5 heteroatoms. The first-order valence-electron chi connectivity index (χ1n) is 7.87. The molecule has 0 saturated heterocycles. The van der Waals surface area contributed by atoms with E-state index in [0.717, 1.165) is 11.3 Å². The maximum Gasteiger partial charge on any atom is 0.257 e. The van der Waals surface area contributed by atoms with Crippen LogP contribution in [0, 0.1) is 0 Å². The van der Waals surface area contributed by atoms with Crippen molar-refractivity contribution in [1.82, 2.24) is 15.6 Å². The van der Waals surface area contributed by atoms with E-state index >= 15 is 0 Å². The number of carbonyl (C=O) groups is 1. The Balaban J connectivity index is 1.76. The molecule has 0 aliphatic rings. The van der Waals surface area contributed by atoms with Crippen molar-refractivity contribution >= 4 is 23.2 Å². The number of benzene rings is 2. The van der Waals surface area contributed by atoms with Crippen molar-refractivity contribution in [2.24, 2.45) is 0 Å². The van der Waals surface area contributed by atoms with Crippen LogP contribution in [0.4, 0.5) is 0 Å². The summed E-state index contributed by atoms with van der Waals surface area (Å²) in [6, 6.07) is 24.3. The van der Waals surface area contributed by atoms with Gasteiger partial charge in [-0.15, -0.1) is 0 Å². The standard InChI is InChI=1S/C20H17N3OS/c24-19(16-11-5-2-6-12-16)23-20(25)22-18(15-9-3-1-4-10-15)17-13-7-8-14-21-17/h1-14,18H,(H2,22,23,24,25)/t18-/m1/s1. The Kier molecular flexibility index (Phi) is 5.49. The highest BCUT2D eigenvalue weighted by atomic mass is 32.1. The predicted molar refractivity (Wildman–Crippen MR) is 102 cm³/mol. The zero-order chi connectivity index (χ0) is 17.5. The Morgan fingerprint density at radius 3 is 2.16 bits per heavy atom. The lowest BCUT2D eigenvalue weighted by Crippen LogP contribution is -2.41. The summed E-state index contributed by atoms with van der Waals surface area (Å²) < 4.78 is 0. The molecule has 0 saturated carbocycles. The first kappa shape index (κ1) is 16.8. The summed E-state index contributed by atoms with van der Waals surface area (Å²) in [6.07, 6.45) is 1.73. The first-order chi connectivity index (χ1) is 12.2. The van der Waals surface area contributed by atoms with Gasteiger partial charge in [0.2, 0.25) is 0 Å². The Hall–Kier alpha value is -3.05. The zero-order valence-corrected chi connectivity index (χ0v) is 14.2. The Bertz CT molecular complexity index is 799. The van der Waals surface area contributed by atoms with Gasteiger partial charge < -0.3 is 5.32 Å². The molecule has 1 heterocycles. The molecule has 3 rings (SSSR count). The van der Waals surface area contributed by atoms with Crippen molar-refractivity contribution in [3.8, 4) is 0 Å². The molecular weight excluding hydrogens is 330 g/mol. The number of carbonyl (C=O) groups excluding carboxylic acids is 1. The molecule has 1 atom stereocenters. The molecule has 0 spiro atoms. The van der Waals surface area contributed by atoms with Gasteiger partial charge in [-0.2, -0.15) is 0 Å². The molecule has 0 unspecified atom stereocenters. The van der Waals surface area contributed by atoms with E-state index in [9.17, 15) is 4.79 Å². The van der Waals surface area contributed by atoms with Crippen molar-refractivity contribution in [3.63, 3.8) is 0 Å². The van der Waals surface area contributed by atoms with Gasteiger partial charge in [-0.1, -0.05) is 54.6 Å². The Morgan fingerprint density at radius 1 is 0.880 bits per heavy atom. The largest absolute Gasteiger partial charge is 0.350 e. The third-order valence-corrected chi connectivity index (χ3v) is 3.87. The molecule has 0 radical (unpaired) electrons. The Morgan fingerprint density at radius 2 is 1.52 bits per heavy atom. The molecule has 4 nitrogen and oxygen atoms in total. The average Bonchev–Trinajstić information content (AvgIpc) is 2.68. The quantitative estimate of drug-likeness (QED) is 0.710. The third-order valence-electron chi connectivity index (χ3n) is 3.65. The van der Waals surface area contributed by atoms with Gasteiger partial charge in [0, 0.05) is 11.8 Å². The van der Waals surface area contributed by atoms with Crippen LogP contribution >= 0.6 is 12.2 Å². The monoisotopic (exact) mass is 347 g/mol. The van der Waals surface area contributed by atoms with Crippen LogP contribution in [0.2, 0.25) is 0 Å². The molecule has 0 bridgehead atoms. The number of thiocarbonyl (C=S) groups is 1. The van der Waals surface area contributed by atoms with Gasteiger partial charge in [-0.05, 0) is 42.0 Å². The van der Waals surface area contributed by atoms with Crippen LogP contribution in [-0.2, 0) is 0 Å². The highest BCUT2D eigenvalue weighted by Gasteiger charge is 2.17. The van der Waals surface area contributed by atoms with Gasteiger partial charge >= 0.3 is 0 Å². The van der Waals surface area contributed by atoms with Crippen molar-refractivity contribution in [2.75, 3.05) is 0 Å². The number of pyridine rings is 1. The molecule has 25 heavy (non-hydrogen) atoms. The predicted octanol–water partition coefficient (Wildman–Crippen LogP) is 3.48. The van der Waals surface area contributed by atoms with Gasteiger partial charge in [0.15, 0.2) is 5.11 Å². The van der Waals surface area contributed by atoms with Crippen LogP contribution in [0.5, 0.6) is 0 Å². The number of rotatable bonds is 4. The first-order valence-corrected chi connectivity index (χ1v) is 8.27. The van der Waals surface area contributed by atoms with E-state index in [-0.39, 0.29) is 17.1 Å². The van der Waals surface area contributed by atoms with E-state index in [4.69, 9.17) is 12.2 Å². The summed E-state index contributed by atoms with van der Waals surface area (Å²) in [4.78, 5) is 16.7. The van der Waals surface area contributed by atoms with Gasteiger partial charge in [-0.3, -0.25) is 15.1 Å². The van der Waals surface area contributed by atoms with E-state index < -0.39 is 0 Å². The van der Waals surface area contributed by atoms with Crippen LogP contribution in [0.25, 0.3) is 0 Å². The molecule has 2 aromatic carbocycles. The molecule has 2 N–H and O–H groups in total. The maximum absolute atomic E-state index is 12.3. The second-order valence-electron chi connectivity index (χ2n) is 5.39. The fourth-order valence-electron chi connectivity index (χ4n) is 2.45. The summed E-state index contributed by atoms with van der Waals surface area (Å²) in [5.74, 6) is -0.245. The molecule has 1 amide bonds. The van der Waals surface area contributed by atoms with Crippen molar-refractivity contribution < 1.29 is 4.79 Å². The van der Waals surface area contributed by atoms with E-state index in [2.05, 4.69) is 15.6 Å². The summed E-state index contributed by atoms with van der Waals surface area (Å²) in [5, 5.41) is 6.16.